The number of hydrogen-bond donors (Lipinski definition) is 4. The van der Waals surface area contributed by atoms with E-state index in [1.807, 2.05) is 0 Å². The lowest BCUT2D eigenvalue weighted by Crippen LogP contribution is -2.21. The predicted molar refractivity (Wildman–Crippen MR) is 27.1 cm³/mol. The van der Waals surface area contributed by atoms with Gasteiger partial charge in [-0.2, -0.15) is 0 Å². The fourth-order valence-corrected chi connectivity index (χ4v) is 0.0764. The molecule has 0 aliphatic heterocycles. The Morgan fingerprint density at radius 2 is 2.00 bits per heavy atom. The Hall–Kier alpha value is -0.780. The van der Waals surface area contributed by atoms with E-state index in [2.05, 4.69) is 5.73 Å². The van der Waals surface area contributed by atoms with E-state index in [1.165, 1.54) is 0 Å². The van der Waals surface area contributed by atoms with Crippen LogP contribution in [0.2, 0.25) is 0 Å². The first kappa shape index (κ1) is 10.3. The molecular formula is C3H9NO4. The van der Waals surface area contributed by atoms with E-state index in [0.717, 1.165) is 0 Å². The minimum Gasteiger partial charge on any atom is -0.512 e. The van der Waals surface area contributed by atoms with Gasteiger partial charge in [0, 0.05) is 0 Å². The molecule has 0 aromatic heterocycles. The Balaban J connectivity index is 0. The van der Waals surface area contributed by atoms with Crippen molar-refractivity contribution in [1.82, 2.24) is 0 Å². The summed E-state index contributed by atoms with van der Waals surface area (Å²) in [7, 11) is 0. The van der Waals surface area contributed by atoms with Crippen molar-refractivity contribution in [2.75, 3.05) is 0 Å². The van der Waals surface area contributed by atoms with Crippen molar-refractivity contribution in [1.29, 1.82) is 0 Å². The van der Waals surface area contributed by atoms with Gasteiger partial charge in [0.1, 0.15) is 6.26 Å². The summed E-state index contributed by atoms with van der Waals surface area (Å²) >= 11 is 0. The minimum atomic E-state index is -1.47. The van der Waals surface area contributed by atoms with Crippen LogP contribution < -0.4 is 5.73 Å². The van der Waals surface area contributed by atoms with Crippen LogP contribution in [0.3, 0.4) is 0 Å². The summed E-state index contributed by atoms with van der Waals surface area (Å²) in [5, 5.41) is 24.1. The highest BCUT2D eigenvalue weighted by atomic mass is 16.3. The van der Waals surface area contributed by atoms with Crippen molar-refractivity contribution < 1.29 is 20.8 Å². The molecule has 0 aliphatic carbocycles. The number of rotatable bonds is 1. The van der Waals surface area contributed by atoms with Crippen molar-refractivity contribution in [3.05, 3.63) is 12.0 Å². The van der Waals surface area contributed by atoms with Crippen molar-refractivity contribution >= 4 is 0 Å². The maximum absolute atomic E-state index is 8.17. The van der Waals surface area contributed by atoms with Crippen LogP contribution in [-0.2, 0) is 0 Å². The van der Waals surface area contributed by atoms with Gasteiger partial charge in [-0.15, -0.1) is 0 Å². The average molecular weight is 123 g/mol. The molecule has 1 unspecified atom stereocenters. The zero-order valence-corrected chi connectivity index (χ0v) is 4.07. The summed E-state index contributed by atoms with van der Waals surface area (Å²) in [5.41, 5.74) is 4.62. The Labute approximate surface area is 46.0 Å². The van der Waals surface area contributed by atoms with Crippen LogP contribution in [0.1, 0.15) is 0 Å². The van der Waals surface area contributed by atoms with Gasteiger partial charge in [-0.05, 0) is 0 Å². The quantitative estimate of drug-likeness (QED) is 0.248. The smallest absolute Gasteiger partial charge is 0.170 e. The standard InChI is InChI=1S/C3H7NO3.H2O/c4-3(7)2(6)1-5;/h1,3,5-7H,4H2;1H2. The third kappa shape index (κ3) is 3.41. The molecule has 0 fully saturated rings. The molecule has 7 N–H and O–H groups in total. The topological polar surface area (TPSA) is 118 Å². The fraction of sp³-hybridized carbons (Fsp3) is 0.333. The summed E-state index contributed by atoms with van der Waals surface area (Å²) in [4.78, 5) is 0. The van der Waals surface area contributed by atoms with Gasteiger partial charge in [0.2, 0.25) is 0 Å². The number of aliphatic hydroxyl groups excluding tert-OH is 3. The highest BCUT2D eigenvalue weighted by Crippen LogP contribution is 1.85. The molecule has 0 aliphatic rings. The SMILES string of the molecule is NC(O)C(O)=CO.O. The van der Waals surface area contributed by atoms with Crippen molar-refractivity contribution in [2.45, 2.75) is 6.23 Å². The zero-order chi connectivity index (χ0) is 5.86. The van der Waals surface area contributed by atoms with Crippen molar-refractivity contribution in [3.8, 4) is 0 Å². The van der Waals surface area contributed by atoms with Crippen LogP contribution in [0, 0.1) is 0 Å². The highest BCUT2D eigenvalue weighted by molar-refractivity contribution is 4.87. The summed E-state index contributed by atoms with van der Waals surface area (Å²) in [5.74, 6) is -0.639. The van der Waals surface area contributed by atoms with Gasteiger partial charge in [-0.25, -0.2) is 0 Å². The zero-order valence-electron chi connectivity index (χ0n) is 4.07. The Morgan fingerprint density at radius 1 is 1.62 bits per heavy atom. The van der Waals surface area contributed by atoms with Crippen LogP contribution in [-0.4, -0.2) is 27.0 Å². The Kier molecular flexibility index (Phi) is 5.61. The molecule has 8 heavy (non-hydrogen) atoms. The largest absolute Gasteiger partial charge is 0.512 e. The average Bonchev–Trinajstić information content (AvgIpc) is 1.65. The van der Waals surface area contributed by atoms with Gasteiger partial charge < -0.3 is 20.8 Å². The normalized spacial score (nSPS) is 14.5. The van der Waals surface area contributed by atoms with Gasteiger partial charge in [0.25, 0.3) is 0 Å². The minimum absolute atomic E-state index is 0. The first-order chi connectivity index (χ1) is 3.18. The van der Waals surface area contributed by atoms with Gasteiger partial charge in [-0.1, -0.05) is 0 Å². The second-order valence-corrected chi connectivity index (χ2v) is 0.999. The molecule has 0 radical (unpaired) electrons. The molecule has 0 amide bonds. The van der Waals surface area contributed by atoms with Crippen LogP contribution in [0.25, 0.3) is 0 Å². The van der Waals surface area contributed by atoms with Crippen molar-refractivity contribution in [2.24, 2.45) is 5.73 Å². The van der Waals surface area contributed by atoms with Crippen LogP contribution in [0.15, 0.2) is 12.0 Å². The predicted octanol–water partition coefficient (Wildman–Crippen LogP) is -1.60. The third-order valence-electron chi connectivity index (χ3n) is 0.435. The number of aliphatic hydroxyl groups is 3. The van der Waals surface area contributed by atoms with Crippen molar-refractivity contribution in [3.63, 3.8) is 0 Å². The van der Waals surface area contributed by atoms with Crippen LogP contribution >= 0.6 is 0 Å². The third-order valence-corrected chi connectivity index (χ3v) is 0.435. The summed E-state index contributed by atoms with van der Waals surface area (Å²) in [6.45, 7) is 0. The molecule has 0 rings (SSSR count). The second kappa shape index (κ2) is 4.38. The molecule has 0 heterocycles. The molecule has 1 atom stereocenters. The van der Waals surface area contributed by atoms with Gasteiger partial charge >= 0.3 is 0 Å². The first-order valence-corrected chi connectivity index (χ1v) is 1.65. The number of hydrogen-bond acceptors (Lipinski definition) is 4. The summed E-state index contributed by atoms with van der Waals surface area (Å²) < 4.78 is 0. The summed E-state index contributed by atoms with van der Waals surface area (Å²) in [6.07, 6.45) is -1.13. The molecular weight excluding hydrogens is 114 g/mol. The molecule has 0 saturated carbocycles. The van der Waals surface area contributed by atoms with Gasteiger partial charge in [0.05, 0.1) is 0 Å². The van der Waals surface area contributed by atoms with Gasteiger partial charge in [-0.3, -0.25) is 5.73 Å². The molecule has 5 heteroatoms. The van der Waals surface area contributed by atoms with Gasteiger partial charge in [0.15, 0.2) is 12.0 Å². The van der Waals surface area contributed by atoms with Crippen LogP contribution in [0.5, 0.6) is 0 Å². The highest BCUT2D eigenvalue weighted by Gasteiger charge is 1.98. The van der Waals surface area contributed by atoms with E-state index in [-0.39, 0.29) is 5.48 Å². The van der Waals surface area contributed by atoms with Crippen LogP contribution in [0.4, 0.5) is 0 Å². The number of nitrogens with two attached hydrogens (primary N) is 1. The fourth-order valence-electron chi connectivity index (χ4n) is 0.0764. The monoisotopic (exact) mass is 123 g/mol. The summed E-state index contributed by atoms with van der Waals surface area (Å²) in [6, 6.07) is 0. The maximum atomic E-state index is 8.17. The Morgan fingerprint density at radius 3 is 2.00 bits per heavy atom. The molecule has 50 valence electrons. The molecule has 0 saturated heterocycles. The maximum Gasteiger partial charge on any atom is 0.170 e. The molecule has 5 nitrogen and oxygen atoms in total. The van der Waals surface area contributed by atoms with E-state index in [0.29, 0.717) is 6.26 Å². The van der Waals surface area contributed by atoms with E-state index >= 15 is 0 Å². The van der Waals surface area contributed by atoms with E-state index in [9.17, 15) is 0 Å². The van der Waals surface area contributed by atoms with E-state index < -0.39 is 12.0 Å². The Bertz CT molecular complexity index is 79.4. The lowest BCUT2D eigenvalue weighted by Gasteiger charge is -1.97. The second-order valence-electron chi connectivity index (χ2n) is 0.999. The lowest BCUT2D eigenvalue weighted by molar-refractivity contribution is 0.151. The van der Waals surface area contributed by atoms with E-state index in [4.69, 9.17) is 15.3 Å². The molecule has 0 spiro atoms. The lowest BCUT2D eigenvalue weighted by atomic mass is 10.5. The molecule has 0 aromatic carbocycles. The molecule has 0 bridgehead atoms. The molecule has 0 aromatic rings. The first-order valence-electron chi connectivity index (χ1n) is 1.65. The van der Waals surface area contributed by atoms with E-state index in [1.54, 1.807) is 0 Å².